The van der Waals surface area contributed by atoms with Gasteiger partial charge in [-0.3, -0.25) is 13.9 Å². The Labute approximate surface area is 262 Å². The number of anilines is 1. The third-order valence-electron chi connectivity index (χ3n) is 7.44. The molecule has 1 aliphatic rings. The standard InChI is InChI=1S/C31H34Cl3N3O4S/c1-21-11-14-27(15-12-21)42(40,41)37(26-13-16-28(33)29(34)18-26)20-30(38)36(19-23-7-6-8-24(32)17-23)22(2)31(39)35-25-9-4-3-5-10-25/h6-8,11-18,22,25H,3-5,9-10,19-20H2,1-2H3,(H,35,39). The SMILES string of the molecule is Cc1ccc(S(=O)(=O)N(CC(=O)N(Cc2cccc(Cl)c2)C(C)C(=O)NC2CCCCC2)c2ccc(Cl)c(Cl)c2)cc1. The molecule has 2 amide bonds. The van der Waals surface area contributed by atoms with Crippen molar-refractivity contribution < 1.29 is 18.0 Å². The molecule has 1 unspecified atom stereocenters. The minimum atomic E-state index is -4.21. The van der Waals surface area contributed by atoms with Crippen LogP contribution in [-0.2, 0) is 26.2 Å². The van der Waals surface area contributed by atoms with Gasteiger partial charge >= 0.3 is 0 Å². The molecule has 0 saturated heterocycles. The van der Waals surface area contributed by atoms with Gasteiger partial charge in [-0.1, -0.05) is 83.9 Å². The van der Waals surface area contributed by atoms with Crippen molar-refractivity contribution in [1.82, 2.24) is 10.2 Å². The number of nitrogens with zero attached hydrogens (tertiary/aromatic N) is 2. The van der Waals surface area contributed by atoms with Gasteiger partial charge in [0.05, 0.1) is 20.6 Å². The van der Waals surface area contributed by atoms with E-state index in [1.807, 2.05) is 6.92 Å². The number of hydrogen-bond donors (Lipinski definition) is 1. The molecule has 42 heavy (non-hydrogen) atoms. The van der Waals surface area contributed by atoms with Crippen LogP contribution >= 0.6 is 34.8 Å². The van der Waals surface area contributed by atoms with Crippen LogP contribution in [0, 0.1) is 6.92 Å². The highest BCUT2D eigenvalue weighted by Gasteiger charge is 2.33. The Kier molecular flexibility index (Phi) is 10.8. The molecule has 4 rings (SSSR count). The Morgan fingerprint density at radius 3 is 2.26 bits per heavy atom. The second-order valence-corrected chi connectivity index (χ2v) is 13.7. The highest BCUT2D eigenvalue weighted by Crippen LogP contribution is 2.31. The average molecular weight is 651 g/mol. The molecule has 1 aliphatic carbocycles. The van der Waals surface area contributed by atoms with Gasteiger partial charge in [0.15, 0.2) is 0 Å². The summed E-state index contributed by atoms with van der Waals surface area (Å²) in [6.07, 6.45) is 5.00. The zero-order chi connectivity index (χ0) is 30.4. The van der Waals surface area contributed by atoms with Crippen molar-refractivity contribution in [3.05, 3.63) is 92.9 Å². The number of amides is 2. The van der Waals surface area contributed by atoms with E-state index >= 15 is 0 Å². The van der Waals surface area contributed by atoms with E-state index < -0.39 is 28.5 Å². The lowest BCUT2D eigenvalue weighted by atomic mass is 9.95. The Morgan fingerprint density at radius 2 is 1.62 bits per heavy atom. The second-order valence-electron chi connectivity index (χ2n) is 10.6. The topological polar surface area (TPSA) is 86.8 Å². The van der Waals surface area contributed by atoms with E-state index in [0.29, 0.717) is 10.6 Å². The summed E-state index contributed by atoms with van der Waals surface area (Å²) in [5.41, 5.74) is 1.76. The van der Waals surface area contributed by atoms with Crippen molar-refractivity contribution in [2.75, 3.05) is 10.8 Å². The molecule has 0 aliphatic heterocycles. The first-order valence-electron chi connectivity index (χ1n) is 13.8. The summed E-state index contributed by atoms with van der Waals surface area (Å²) in [5.74, 6) is -0.859. The lowest BCUT2D eigenvalue weighted by molar-refractivity contribution is -0.139. The van der Waals surface area contributed by atoms with Crippen LogP contribution in [0.25, 0.3) is 0 Å². The van der Waals surface area contributed by atoms with Crippen LogP contribution < -0.4 is 9.62 Å². The molecule has 0 spiro atoms. The van der Waals surface area contributed by atoms with Crippen LogP contribution in [0.4, 0.5) is 5.69 Å². The van der Waals surface area contributed by atoms with Crippen molar-refractivity contribution in [2.45, 2.75) is 69.5 Å². The summed E-state index contributed by atoms with van der Waals surface area (Å²) >= 11 is 18.6. The van der Waals surface area contributed by atoms with Crippen LogP contribution in [0.15, 0.2) is 71.6 Å². The predicted molar refractivity (Wildman–Crippen MR) is 169 cm³/mol. The normalized spacial score (nSPS) is 14.7. The molecule has 1 atom stereocenters. The zero-order valence-electron chi connectivity index (χ0n) is 23.5. The zero-order valence-corrected chi connectivity index (χ0v) is 26.6. The molecule has 0 radical (unpaired) electrons. The maximum Gasteiger partial charge on any atom is 0.264 e. The van der Waals surface area contributed by atoms with Gasteiger partial charge in [0, 0.05) is 17.6 Å². The lowest BCUT2D eigenvalue weighted by Crippen LogP contribution is -2.53. The fourth-order valence-electron chi connectivity index (χ4n) is 4.99. The highest BCUT2D eigenvalue weighted by atomic mass is 35.5. The molecule has 1 saturated carbocycles. The van der Waals surface area contributed by atoms with Gasteiger partial charge in [0.25, 0.3) is 10.0 Å². The number of sulfonamides is 1. The van der Waals surface area contributed by atoms with Crippen LogP contribution in [0.5, 0.6) is 0 Å². The maximum atomic E-state index is 14.1. The van der Waals surface area contributed by atoms with E-state index in [2.05, 4.69) is 5.32 Å². The van der Waals surface area contributed by atoms with Crippen molar-refractivity contribution in [3.63, 3.8) is 0 Å². The summed E-state index contributed by atoms with van der Waals surface area (Å²) in [7, 11) is -4.21. The fourth-order valence-corrected chi connectivity index (χ4v) is 6.90. The molecular formula is C31H34Cl3N3O4S. The average Bonchev–Trinajstić information content (AvgIpc) is 2.96. The number of benzene rings is 3. The molecule has 3 aromatic carbocycles. The Morgan fingerprint density at radius 1 is 0.929 bits per heavy atom. The molecule has 0 bridgehead atoms. The second kappa shape index (κ2) is 14.1. The molecule has 3 aromatic rings. The van der Waals surface area contributed by atoms with E-state index in [-0.39, 0.29) is 39.1 Å². The molecular weight excluding hydrogens is 617 g/mol. The van der Waals surface area contributed by atoms with Gasteiger partial charge in [-0.15, -0.1) is 0 Å². The number of carbonyl (C=O) groups is 2. The van der Waals surface area contributed by atoms with Gasteiger partial charge in [0.2, 0.25) is 11.8 Å². The fraction of sp³-hybridized carbons (Fsp3) is 0.355. The summed E-state index contributed by atoms with van der Waals surface area (Å²) in [6, 6.07) is 16.9. The third kappa shape index (κ3) is 7.98. The minimum absolute atomic E-state index is 0.0106. The smallest absolute Gasteiger partial charge is 0.264 e. The van der Waals surface area contributed by atoms with Gasteiger partial charge in [-0.2, -0.15) is 0 Å². The minimum Gasteiger partial charge on any atom is -0.352 e. The summed E-state index contributed by atoms with van der Waals surface area (Å²) < 4.78 is 28.9. The van der Waals surface area contributed by atoms with Crippen molar-refractivity contribution >= 4 is 62.3 Å². The highest BCUT2D eigenvalue weighted by molar-refractivity contribution is 7.92. The Hall–Kier alpha value is -2.78. The van der Waals surface area contributed by atoms with Crippen LogP contribution in [0.3, 0.4) is 0 Å². The van der Waals surface area contributed by atoms with Crippen LogP contribution in [0.2, 0.25) is 15.1 Å². The number of hydrogen-bond acceptors (Lipinski definition) is 4. The largest absolute Gasteiger partial charge is 0.352 e. The quantitative estimate of drug-likeness (QED) is 0.256. The maximum absolute atomic E-state index is 14.1. The first kappa shape index (κ1) is 32.1. The molecule has 7 nitrogen and oxygen atoms in total. The summed E-state index contributed by atoms with van der Waals surface area (Å²) in [6.45, 7) is 2.98. The number of nitrogens with one attached hydrogen (secondary N) is 1. The number of aryl methyl sites for hydroxylation is 1. The van der Waals surface area contributed by atoms with Gasteiger partial charge in [-0.25, -0.2) is 8.42 Å². The number of halogens is 3. The first-order valence-corrected chi connectivity index (χ1v) is 16.4. The Balaban J connectivity index is 1.69. The van der Waals surface area contributed by atoms with E-state index in [9.17, 15) is 18.0 Å². The molecule has 1 fully saturated rings. The monoisotopic (exact) mass is 649 g/mol. The summed E-state index contributed by atoms with van der Waals surface area (Å²) in [5, 5.41) is 3.96. The van der Waals surface area contributed by atoms with Crippen molar-refractivity contribution in [2.24, 2.45) is 0 Å². The van der Waals surface area contributed by atoms with E-state index in [4.69, 9.17) is 34.8 Å². The molecule has 11 heteroatoms. The molecule has 0 heterocycles. The van der Waals surface area contributed by atoms with Crippen molar-refractivity contribution in [1.29, 1.82) is 0 Å². The lowest BCUT2D eigenvalue weighted by Gasteiger charge is -2.33. The molecule has 1 N–H and O–H groups in total. The third-order valence-corrected chi connectivity index (χ3v) is 10.2. The molecule has 0 aromatic heterocycles. The van der Waals surface area contributed by atoms with E-state index in [1.54, 1.807) is 43.3 Å². The predicted octanol–water partition coefficient (Wildman–Crippen LogP) is 7.02. The van der Waals surface area contributed by atoms with Gasteiger partial charge in [0.1, 0.15) is 12.6 Å². The van der Waals surface area contributed by atoms with Crippen LogP contribution in [0.1, 0.15) is 50.2 Å². The Bertz CT molecular complexity index is 1530. The van der Waals surface area contributed by atoms with Gasteiger partial charge in [-0.05, 0) is 74.7 Å². The summed E-state index contributed by atoms with van der Waals surface area (Å²) in [4.78, 5) is 28.9. The van der Waals surface area contributed by atoms with Crippen LogP contribution in [-0.4, -0.2) is 43.8 Å². The van der Waals surface area contributed by atoms with E-state index in [0.717, 1.165) is 42.0 Å². The van der Waals surface area contributed by atoms with E-state index in [1.165, 1.54) is 35.2 Å². The molecule has 224 valence electrons. The number of rotatable bonds is 10. The number of carbonyl (C=O) groups excluding carboxylic acids is 2. The first-order chi connectivity index (χ1) is 20.0. The van der Waals surface area contributed by atoms with Crippen molar-refractivity contribution in [3.8, 4) is 0 Å². The van der Waals surface area contributed by atoms with Gasteiger partial charge < -0.3 is 10.2 Å².